The fourth-order valence-corrected chi connectivity index (χ4v) is 4.29. The van der Waals surface area contributed by atoms with Crippen molar-refractivity contribution in [2.75, 3.05) is 13.1 Å². The quantitative estimate of drug-likeness (QED) is 0.0888. The van der Waals surface area contributed by atoms with E-state index in [1.165, 1.54) is 116 Å². The number of nitrogens with one attached hydrogen (secondary N) is 1. The van der Waals surface area contributed by atoms with Crippen molar-refractivity contribution in [2.45, 2.75) is 161 Å². The molecule has 0 bridgehead atoms. The first-order valence-electron chi connectivity index (χ1n) is 14.3. The summed E-state index contributed by atoms with van der Waals surface area (Å²) < 4.78 is 0. The fourth-order valence-electron chi connectivity index (χ4n) is 4.29. The van der Waals surface area contributed by atoms with E-state index in [2.05, 4.69) is 12.2 Å². The number of hydrogen-bond acceptors (Lipinski definition) is 4. The predicted molar refractivity (Wildman–Crippen MR) is 138 cm³/mol. The number of aliphatic hydroxyl groups excluding tert-OH is 1. The first-order valence-corrected chi connectivity index (χ1v) is 14.3. The maximum atomic E-state index is 11.9. The zero-order valence-electron chi connectivity index (χ0n) is 21.6. The summed E-state index contributed by atoms with van der Waals surface area (Å²) in [7, 11) is 0. The van der Waals surface area contributed by atoms with Crippen molar-refractivity contribution in [3.8, 4) is 0 Å². The number of rotatable bonds is 27. The molecule has 192 valence electrons. The Hall–Kier alpha value is -0.450. The largest absolute Gasteiger partial charge is 0.368 e. The number of hydrogen-bond donors (Lipinski definition) is 3. The van der Waals surface area contributed by atoms with E-state index < -0.39 is 6.29 Å². The van der Waals surface area contributed by atoms with Crippen molar-refractivity contribution >= 4 is 5.78 Å². The van der Waals surface area contributed by atoms with E-state index in [1.807, 2.05) is 0 Å². The maximum absolute atomic E-state index is 11.9. The summed E-state index contributed by atoms with van der Waals surface area (Å²) in [6.07, 6.45) is 27.5. The fraction of sp³-hybridized carbons (Fsp3) is 0.964. The van der Waals surface area contributed by atoms with Gasteiger partial charge in [0.1, 0.15) is 5.78 Å². The number of carbonyl (C=O) groups is 1. The normalized spacial score (nSPS) is 11.5. The van der Waals surface area contributed by atoms with E-state index in [0.29, 0.717) is 25.2 Å². The van der Waals surface area contributed by atoms with Crippen LogP contribution in [0.25, 0.3) is 0 Å². The van der Waals surface area contributed by atoms with Crippen molar-refractivity contribution < 1.29 is 15.0 Å². The van der Waals surface area contributed by atoms with E-state index in [-0.39, 0.29) is 0 Å². The summed E-state index contributed by atoms with van der Waals surface area (Å²) in [5.74, 6) is 0.376. The highest BCUT2D eigenvalue weighted by Gasteiger charge is 2.02. The molecule has 0 aromatic rings. The summed E-state index contributed by atoms with van der Waals surface area (Å²) in [5, 5.41) is 20.6. The number of aliphatic hydroxyl groups is 2. The lowest BCUT2D eigenvalue weighted by Crippen LogP contribution is -2.21. The minimum Gasteiger partial charge on any atom is -0.368 e. The minimum absolute atomic E-state index is 0.341. The number of carbonyl (C=O) groups excluding carboxylic acids is 1. The standard InChI is InChI=1S/C28H57NO3/c1-2-3-4-5-6-7-8-9-10-11-12-13-14-15-16-17-18-19-20-22-27(30)23-21-25-29-26-24-28(31)32/h28-29,31-32H,2-26H2,1H3. The molecule has 0 aromatic carbocycles. The van der Waals surface area contributed by atoms with Crippen LogP contribution in [0, 0.1) is 0 Å². The second-order valence-electron chi connectivity index (χ2n) is 9.78. The van der Waals surface area contributed by atoms with Gasteiger partial charge in [-0.25, -0.2) is 0 Å². The van der Waals surface area contributed by atoms with Crippen LogP contribution in [-0.2, 0) is 4.79 Å². The molecule has 0 spiro atoms. The third kappa shape index (κ3) is 27.6. The Morgan fingerprint density at radius 1 is 0.562 bits per heavy atom. The highest BCUT2D eigenvalue weighted by atomic mass is 16.5. The van der Waals surface area contributed by atoms with Crippen LogP contribution in [0.1, 0.15) is 155 Å². The third-order valence-electron chi connectivity index (χ3n) is 6.45. The van der Waals surface area contributed by atoms with E-state index >= 15 is 0 Å². The van der Waals surface area contributed by atoms with Crippen LogP contribution in [0.5, 0.6) is 0 Å². The molecule has 0 heterocycles. The molecular weight excluding hydrogens is 398 g/mol. The van der Waals surface area contributed by atoms with Crippen LogP contribution < -0.4 is 5.32 Å². The Morgan fingerprint density at radius 2 is 0.938 bits per heavy atom. The first-order chi connectivity index (χ1) is 15.7. The lowest BCUT2D eigenvalue weighted by atomic mass is 10.0. The van der Waals surface area contributed by atoms with Crippen LogP contribution in [0.2, 0.25) is 0 Å². The van der Waals surface area contributed by atoms with Gasteiger partial charge in [-0.1, -0.05) is 122 Å². The second-order valence-corrected chi connectivity index (χ2v) is 9.78. The molecule has 0 aliphatic carbocycles. The second kappa shape index (κ2) is 26.8. The molecule has 0 aliphatic heterocycles. The molecule has 0 atom stereocenters. The van der Waals surface area contributed by atoms with Crippen LogP contribution in [-0.4, -0.2) is 35.4 Å². The predicted octanol–water partition coefficient (Wildman–Crippen LogP) is 7.45. The summed E-state index contributed by atoms with van der Waals surface area (Å²) >= 11 is 0. The van der Waals surface area contributed by atoms with E-state index in [0.717, 1.165) is 25.8 Å². The summed E-state index contributed by atoms with van der Waals surface area (Å²) in [6, 6.07) is 0. The molecule has 0 radical (unpaired) electrons. The molecular formula is C28H57NO3. The van der Waals surface area contributed by atoms with Gasteiger partial charge >= 0.3 is 0 Å². The Balaban J connectivity index is 3.12. The first kappa shape index (κ1) is 31.6. The lowest BCUT2D eigenvalue weighted by molar-refractivity contribution is -0.119. The highest BCUT2D eigenvalue weighted by molar-refractivity contribution is 5.78. The van der Waals surface area contributed by atoms with Crippen molar-refractivity contribution in [1.82, 2.24) is 5.32 Å². The van der Waals surface area contributed by atoms with Crippen molar-refractivity contribution in [1.29, 1.82) is 0 Å². The van der Waals surface area contributed by atoms with Gasteiger partial charge in [0.2, 0.25) is 0 Å². The van der Waals surface area contributed by atoms with E-state index in [4.69, 9.17) is 10.2 Å². The SMILES string of the molecule is CCCCCCCCCCCCCCCCCCCCCC(=O)CCCNCCC(O)O. The molecule has 3 N–H and O–H groups in total. The molecule has 0 amide bonds. The van der Waals surface area contributed by atoms with E-state index in [9.17, 15) is 4.79 Å². The molecule has 0 unspecified atom stereocenters. The van der Waals surface area contributed by atoms with E-state index in [1.54, 1.807) is 0 Å². The van der Waals surface area contributed by atoms with Gasteiger partial charge in [0.25, 0.3) is 0 Å². The van der Waals surface area contributed by atoms with Gasteiger partial charge in [0.15, 0.2) is 6.29 Å². The molecule has 4 nitrogen and oxygen atoms in total. The smallest absolute Gasteiger partial charge is 0.152 e. The average molecular weight is 456 g/mol. The topological polar surface area (TPSA) is 69.6 Å². The van der Waals surface area contributed by atoms with Crippen molar-refractivity contribution in [3.05, 3.63) is 0 Å². The van der Waals surface area contributed by atoms with Gasteiger partial charge in [-0.05, 0) is 25.9 Å². The number of ketones is 1. The summed E-state index contributed by atoms with van der Waals surface area (Å²) in [6.45, 7) is 3.65. The van der Waals surface area contributed by atoms with Gasteiger partial charge in [0, 0.05) is 19.3 Å². The van der Waals surface area contributed by atoms with Gasteiger partial charge in [-0.15, -0.1) is 0 Å². The molecule has 0 rings (SSSR count). The van der Waals surface area contributed by atoms with Gasteiger partial charge in [-0.2, -0.15) is 0 Å². The number of unbranched alkanes of at least 4 members (excludes halogenated alkanes) is 18. The average Bonchev–Trinajstić information content (AvgIpc) is 2.77. The Morgan fingerprint density at radius 3 is 1.34 bits per heavy atom. The Bertz CT molecular complexity index is 374. The van der Waals surface area contributed by atoms with Gasteiger partial charge < -0.3 is 15.5 Å². The number of Topliss-reactive ketones (excluding diaryl/α,β-unsaturated/α-hetero) is 1. The summed E-state index contributed by atoms with van der Waals surface area (Å²) in [5.41, 5.74) is 0. The van der Waals surface area contributed by atoms with Crippen molar-refractivity contribution in [3.63, 3.8) is 0 Å². The summed E-state index contributed by atoms with van der Waals surface area (Å²) in [4.78, 5) is 11.9. The zero-order chi connectivity index (χ0) is 23.5. The maximum Gasteiger partial charge on any atom is 0.152 e. The molecule has 0 saturated heterocycles. The molecule has 32 heavy (non-hydrogen) atoms. The zero-order valence-corrected chi connectivity index (χ0v) is 21.6. The molecule has 0 fully saturated rings. The van der Waals surface area contributed by atoms with Crippen molar-refractivity contribution in [2.24, 2.45) is 0 Å². The molecule has 0 saturated carbocycles. The lowest BCUT2D eigenvalue weighted by Gasteiger charge is -2.06. The Labute approximate surface area is 200 Å². The van der Waals surface area contributed by atoms with Gasteiger partial charge in [0.05, 0.1) is 0 Å². The van der Waals surface area contributed by atoms with Crippen LogP contribution in [0.4, 0.5) is 0 Å². The minimum atomic E-state index is -1.24. The van der Waals surface area contributed by atoms with Crippen LogP contribution >= 0.6 is 0 Å². The third-order valence-corrected chi connectivity index (χ3v) is 6.45. The Kier molecular flexibility index (Phi) is 26.4. The molecule has 4 heteroatoms. The van der Waals surface area contributed by atoms with Gasteiger partial charge in [-0.3, -0.25) is 4.79 Å². The molecule has 0 aliphatic rings. The van der Waals surface area contributed by atoms with Crippen LogP contribution in [0.15, 0.2) is 0 Å². The highest BCUT2D eigenvalue weighted by Crippen LogP contribution is 2.15. The monoisotopic (exact) mass is 455 g/mol. The molecule has 0 aromatic heterocycles. The van der Waals surface area contributed by atoms with Crippen LogP contribution in [0.3, 0.4) is 0 Å².